The van der Waals surface area contributed by atoms with Gasteiger partial charge in [0.2, 0.25) is 0 Å². The van der Waals surface area contributed by atoms with E-state index in [4.69, 9.17) is 0 Å². The van der Waals surface area contributed by atoms with Crippen molar-refractivity contribution in [2.24, 2.45) is 4.99 Å². The Kier molecular flexibility index (Phi) is 5.29. The Labute approximate surface area is 133 Å². The van der Waals surface area contributed by atoms with Crippen LogP contribution in [-0.2, 0) is 0 Å². The molecule has 0 saturated heterocycles. The summed E-state index contributed by atoms with van der Waals surface area (Å²) in [4.78, 5) is 7.07. The lowest BCUT2D eigenvalue weighted by molar-refractivity contribution is 0.701. The topological polar surface area (TPSA) is 27.6 Å². The van der Waals surface area contributed by atoms with Crippen LogP contribution in [-0.4, -0.2) is 31.5 Å². The van der Waals surface area contributed by atoms with Gasteiger partial charge in [0, 0.05) is 18.3 Å². The Morgan fingerprint density at radius 1 is 1.33 bits per heavy atom. The van der Waals surface area contributed by atoms with Gasteiger partial charge < -0.3 is 10.2 Å². The average Bonchev–Trinajstić information content (AvgIpc) is 3.11. The van der Waals surface area contributed by atoms with Gasteiger partial charge >= 0.3 is 0 Å². The predicted octanol–water partition coefficient (Wildman–Crippen LogP) is 3.25. The zero-order chi connectivity index (χ0) is 13.9. The molecule has 3 rings (SSSR count). The highest BCUT2D eigenvalue weighted by molar-refractivity contribution is 5.88. The minimum atomic E-state index is 0. The van der Waals surface area contributed by atoms with E-state index in [1.54, 1.807) is 0 Å². The van der Waals surface area contributed by atoms with E-state index in [2.05, 4.69) is 59.4 Å². The van der Waals surface area contributed by atoms with Gasteiger partial charge in [0.25, 0.3) is 0 Å². The number of aliphatic imine (C=N–C) groups is 1. The predicted molar refractivity (Wildman–Crippen MR) is 93.0 cm³/mol. The molecule has 0 bridgehead atoms. The monoisotopic (exact) mass is 305 g/mol. The van der Waals surface area contributed by atoms with Gasteiger partial charge in [0.15, 0.2) is 0 Å². The fraction of sp³-hybridized carbons (Fsp3) is 0.471. The average molecular weight is 306 g/mol. The zero-order valence-corrected chi connectivity index (χ0v) is 13.6. The molecule has 21 heavy (non-hydrogen) atoms. The molecule has 1 N–H and O–H groups in total. The third kappa shape index (κ3) is 3.41. The summed E-state index contributed by atoms with van der Waals surface area (Å²) >= 11 is 0. The first-order valence-corrected chi connectivity index (χ1v) is 7.52. The second-order valence-corrected chi connectivity index (χ2v) is 5.67. The second kappa shape index (κ2) is 6.99. The van der Waals surface area contributed by atoms with Gasteiger partial charge in [0.1, 0.15) is 5.84 Å². The van der Waals surface area contributed by atoms with Crippen LogP contribution in [0.25, 0.3) is 0 Å². The highest BCUT2D eigenvalue weighted by Crippen LogP contribution is 2.28. The summed E-state index contributed by atoms with van der Waals surface area (Å²) < 4.78 is 0. The molecule has 114 valence electrons. The number of rotatable bonds is 4. The van der Waals surface area contributed by atoms with Gasteiger partial charge in [-0.25, -0.2) is 0 Å². The lowest BCUT2D eigenvalue weighted by Crippen LogP contribution is -2.41. The molecule has 0 fully saturated rings. The van der Waals surface area contributed by atoms with Crippen LogP contribution >= 0.6 is 12.4 Å². The first kappa shape index (κ1) is 15.9. The molecule has 1 atom stereocenters. The Morgan fingerprint density at radius 2 is 2.19 bits per heavy atom. The maximum Gasteiger partial charge on any atom is 0.116 e. The van der Waals surface area contributed by atoms with E-state index >= 15 is 0 Å². The van der Waals surface area contributed by atoms with Gasteiger partial charge in [-0.05, 0) is 43.9 Å². The first-order chi connectivity index (χ1) is 9.75. The Morgan fingerprint density at radius 3 is 2.86 bits per heavy atom. The van der Waals surface area contributed by atoms with E-state index < -0.39 is 0 Å². The standard InChI is InChI=1S/C17H23N3.ClH/c1-13-6-5-9-16(14(13)2)20(15-7-3-4-8-15)12-17-18-10-11-19-17;/h3,5-7,9,15H,4,8,10-12H2,1-2H3,(H,18,19);1H. The van der Waals surface area contributed by atoms with Crippen LogP contribution in [0, 0.1) is 13.8 Å². The van der Waals surface area contributed by atoms with E-state index in [-0.39, 0.29) is 12.4 Å². The number of nitrogens with one attached hydrogen (secondary N) is 1. The van der Waals surface area contributed by atoms with Crippen molar-refractivity contribution >= 4 is 23.9 Å². The molecule has 1 aromatic rings. The Hall–Kier alpha value is -1.48. The van der Waals surface area contributed by atoms with Crippen LogP contribution in [0.5, 0.6) is 0 Å². The van der Waals surface area contributed by atoms with Crippen molar-refractivity contribution in [1.82, 2.24) is 5.32 Å². The number of hydrogen-bond donors (Lipinski definition) is 1. The van der Waals surface area contributed by atoms with Crippen LogP contribution in [0.4, 0.5) is 5.69 Å². The van der Waals surface area contributed by atoms with Gasteiger partial charge in [-0.3, -0.25) is 4.99 Å². The Bertz CT molecular complexity index is 551. The minimum Gasteiger partial charge on any atom is -0.370 e. The maximum atomic E-state index is 4.56. The molecule has 3 nitrogen and oxygen atoms in total. The molecular formula is C17H24ClN3. The van der Waals surface area contributed by atoms with Crippen molar-refractivity contribution in [3.63, 3.8) is 0 Å². The quantitative estimate of drug-likeness (QED) is 0.865. The number of halogens is 1. The molecule has 1 heterocycles. The highest BCUT2D eigenvalue weighted by atomic mass is 35.5. The SMILES string of the molecule is Cc1cccc(N(CC2=NCCN2)C2C=CCC2)c1C.Cl. The smallest absolute Gasteiger partial charge is 0.116 e. The van der Waals surface area contributed by atoms with E-state index in [1.807, 2.05) is 0 Å². The molecule has 1 unspecified atom stereocenters. The molecule has 4 heteroatoms. The molecule has 0 saturated carbocycles. The van der Waals surface area contributed by atoms with Crippen LogP contribution in [0.15, 0.2) is 35.3 Å². The van der Waals surface area contributed by atoms with Crippen molar-refractivity contribution in [3.05, 3.63) is 41.5 Å². The third-order valence-electron chi connectivity index (χ3n) is 4.34. The van der Waals surface area contributed by atoms with Crippen LogP contribution in [0.2, 0.25) is 0 Å². The summed E-state index contributed by atoms with van der Waals surface area (Å²) in [7, 11) is 0. The fourth-order valence-electron chi connectivity index (χ4n) is 3.02. The Balaban J connectivity index is 0.00000161. The molecule has 0 amide bonds. The van der Waals surface area contributed by atoms with Gasteiger partial charge in [-0.15, -0.1) is 12.4 Å². The summed E-state index contributed by atoms with van der Waals surface area (Å²) in [5.41, 5.74) is 4.08. The van der Waals surface area contributed by atoms with Gasteiger partial charge in [-0.2, -0.15) is 0 Å². The number of aryl methyl sites for hydroxylation is 1. The summed E-state index contributed by atoms with van der Waals surface area (Å²) in [5, 5.41) is 3.40. The maximum absolute atomic E-state index is 4.56. The summed E-state index contributed by atoms with van der Waals surface area (Å²) in [6.45, 7) is 7.19. The lowest BCUT2D eigenvalue weighted by atomic mass is 10.1. The lowest BCUT2D eigenvalue weighted by Gasteiger charge is -2.32. The fourth-order valence-corrected chi connectivity index (χ4v) is 3.02. The van der Waals surface area contributed by atoms with Crippen LogP contribution < -0.4 is 10.2 Å². The number of amidine groups is 1. The van der Waals surface area contributed by atoms with E-state index in [0.29, 0.717) is 6.04 Å². The molecular weight excluding hydrogens is 282 g/mol. The number of nitrogens with zero attached hydrogens (tertiary/aromatic N) is 2. The third-order valence-corrected chi connectivity index (χ3v) is 4.34. The molecule has 2 aliphatic rings. The molecule has 0 radical (unpaired) electrons. The minimum absolute atomic E-state index is 0. The van der Waals surface area contributed by atoms with Crippen molar-refractivity contribution in [2.45, 2.75) is 32.7 Å². The number of hydrogen-bond acceptors (Lipinski definition) is 3. The number of allylic oxidation sites excluding steroid dienone is 1. The van der Waals surface area contributed by atoms with E-state index in [1.165, 1.54) is 29.7 Å². The summed E-state index contributed by atoms with van der Waals surface area (Å²) in [6, 6.07) is 7.09. The van der Waals surface area contributed by atoms with E-state index in [0.717, 1.165) is 25.5 Å². The first-order valence-electron chi connectivity index (χ1n) is 7.52. The van der Waals surface area contributed by atoms with Crippen molar-refractivity contribution in [3.8, 4) is 0 Å². The second-order valence-electron chi connectivity index (χ2n) is 5.67. The zero-order valence-electron chi connectivity index (χ0n) is 12.8. The van der Waals surface area contributed by atoms with Crippen molar-refractivity contribution in [2.75, 3.05) is 24.5 Å². The van der Waals surface area contributed by atoms with Gasteiger partial charge in [-0.1, -0.05) is 24.3 Å². The van der Waals surface area contributed by atoms with Crippen LogP contribution in [0.1, 0.15) is 24.0 Å². The van der Waals surface area contributed by atoms with Crippen molar-refractivity contribution < 1.29 is 0 Å². The van der Waals surface area contributed by atoms with Crippen molar-refractivity contribution in [1.29, 1.82) is 0 Å². The number of benzene rings is 1. The summed E-state index contributed by atoms with van der Waals surface area (Å²) in [5.74, 6) is 1.13. The van der Waals surface area contributed by atoms with E-state index in [9.17, 15) is 0 Å². The number of anilines is 1. The highest BCUT2D eigenvalue weighted by Gasteiger charge is 2.23. The summed E-state index contributed by atoms with van der Waals surface area (Å²) in [6.07, 6.45) is 7.04. The molecule has 1 aliphatic heterocycles. The van der Waals surface area contributed by atoms with Gasteiger partial charge in [0.05, 0.1) is 13.1 Å². The normalized spacial score (nSPS) is 19.9. The molecule has 0 spiro atoms. The molecule has 0 aromatic heterocycles. The molecule has 1 aliphatic carbocycles. The van der Waals surface area contributed by atoms with Crippen LogP contribution in [0.3, 0.4) is 0 Å². The largest absolute Gasteiger partial charge is 0.370 e. The molecule has 1 aromatic carbocycles.